The van der Waals surface area contributed by atoms with E-state index < -0.39 is 24.2 Å². The second kappa shape index (κ2) is 16.4. The standard InChI is InChI=1S/C44H56F2N8O4/c1-25(47-3)41(55)49-35-11-5-6-12-36(50-42(56)26(2)48-4)44(58)52-18-8-10-30(52)24-34-32-22-28(46)14-16-38(32)54-20-19-53-37-15-13-27(45)21-31(37)33(39(53)40(34)54)23-29-9-7-17-51(29)43(35)57/h13-16,21-22,25-26,29-30,35-36,47-48H,5-12,17-20,23-24H2,1-4H3,(H,49,55)(H,50,56)/t25-,26-,29-,30-,35+,36+/m0/s1. The number of carbonyl (C=O) groups excluding carboxylic acids is 4. The van der Waals surface area contributed by atoms with Gasteiger partial charge in [-0.1, -0.05) is 12.8 Å². The molecule has 4 aliphatic heterocycles. The highest BCUT2D eigenvalue weighted by atomic mass is 19.1. The Morgan fingerprint density at radius 3 is 1.43 bits per heavy atom. The molecule has 4 N–H and O–H groups in total. The van der Waals surface area contributed by atoms with Gasteiger partial charge < -0.3 is 40.2 Å². The molecular formula is C44H56F2N8O4. The average molecular weight is 799 g/mol. The van der Waals surface area contributed by atoms with E-state index in [4.69, 9.17) is 0 Å². The summed E-state index contributed by atoms with van der Waals surface area (Å²) in [6, 6.07) is 6.83. The summed E-state index contributed by atoms with van der Waals surface area (Å²) < 4.78 is 35.0. The molecule has 0 radical (unpaired) electrons. The van der Waals surface area contributed by atoms with E-state index in [-0.39, 0.29) is 47.3 Å². The molecule has 8 rings (SSSR count). The summed E-state index contributed by atoms with van der Waals surface area (Å²) in [5, 5.41) is 13.6. The smallest absolute Gasteiger partial charge is 0.245 e. The van der Waals surface area contributed by atoms with Gasteiger partial charge in [-0.05, 0) is 127 Å². The molecule has 58 heavy (non-hydrogen) atoms. The van der Waals surface area contributed by atoms with Gasteiger partial charge in [-0.15, -0.1) is 0 Å². The van der Waals surface area contributed by atoms with Crippen molar-refractivity contribution in [3.05, 3.63) is 59.2 Å². The van der Waals surface area contributed by atoms with Crippen LogP contribution in [0.2, 0.25) is 0 Å². The number of nitrogens with one attached hydrogen (secondary N) is 4. The van der Waals surface area contributed by atoms with Crippen LogP contribution in [0, 0.1) is 11.6 Å². The predicted molar refractivity (Wildman–Crippen MR) is 219 cm³/mol. The molecule has 2 fully saturated rings. The number of benzene rings is 2. The Morgan fingerprint density at radius 2 is 1.03 bits per heavy atom. The van der Waals surface area contributed by atoms with Crippen LogP contribution in [0.3, 0.4) is 0 Å². The van der Waals surface area contributed by atoms with Crippen molar-refractivity contribution < 1.29 is 28.0 Å². The quantitative estimate of drug-likeness (QED) is 0.229. The highest BCUT2D eigenvalue weighted by molar-refractivity contribution is 5.98. The van der Waals surface area contributed by atoms with Gasteiger partial charge in [0, 0.05) is 60.1 Å². The van der Waals surface area contributed by atoms with Gasteiger partial charge in [-0.2, -0.15) is 0 Å². The van der Waals surface area contributed by atoms with Crippen LogP contribution in [0.25, 0.3) is 33.2 Å². The first-order chi connectivity index (χ1) is 28.0. The van der Waals surface area contributed by atoms with Gasteiger partial charge in [-0.3, -0.25) is 19.2 Å². The third kappa shape index (κ3) is 7.27. The van der Waals surface area contributed by atoms with Gasteiger partial charge in [0.15, 0.2) is 0 Å². The predicted octanol–water partition coefficient (Wildman–Crippen LogP) is 4.38. The number of amides is 4. The Labute approximate surface area is 338 Å². The van der Waals surface area contributed by atoms with E-state index in [0.717, 1.165) is 70.0 Å². The van der Waals surface area contributed by atoms with Gasteiger partial charge in [0.05, 0.1) is 23.5 Å². The van der Waals surface area contributed by atoms with Crippen molar-refractivity contribution in [2.24, 2.45) is 0 Å². The third-order valence-corrected chi connectivity index (χ3v) is 13.3. The third-order valence-electron chi connectivity index (χ3n) is 13.3. The molecule has 4 amide bonds. The molecule has 14 heteroatoms. The summed E-state index contributed by atoms with van der Waals surface area (Å²) in [7, 11) is 3.40. The Bertz CT molecular complexity index is 2090. The van der Waals surface area contributed by atoms with Crippen LogP contribution in [0.5, 0.6) is 0 Å². The van der Waals surface area contributed by atoms with Gasteiger partial charge in [0.2, 0.25) is 23.6 Å². The van der Waals surface area contributed by atoms with Crippen molar-refractivity contribution in [3.8, 4) is 11.4 Å². The molecule has 0 spiro atoms. The molecule has 0 aliphatic carbocycles. The maximum absolute atomic E-state index is 15.3. The van der Waals surface area contributed by atoms with E-state index in [1.54, 1.807) is 40.1 Å². The minimum atomic E-state index is -0.792. The molecule has 6 atom stereocenters. The Balaban J connectivity index is 1.29. The van der Waals surface area contributed by atoms with Gasteiger partial charge >= 0.3 is 0 Å². The van der Waals surface area contributed by atoms with E-state index >= 15 is 8.78 Å². The lowest BCUT2D eigenvalue weighted by atomic mass is 9.94. The summed E-state index contributed by atoms with van der Waals surface area (Å²) in [6.45, 7) is 5.81. The summed E-state index contributed by atoms with van der Waals surface area (Å²) in [4.78, 5) is 59.8. The number of aromatic nitrogens is 2. The molecule has 0 unspecified atom stereocenters. The Hall–Kier alpha value is -4.82. The number of rotatable bonds is 6. The fourth-order valence-corrected chi connectivity index (χ4v) is 10.0. The number of fused-ring (bicyclic) bond motifs is 8. The van der Waals surface area contributed by atoms with Crippen molar-refractivity contribution in [1.29, 1.82) is 0 Å². The second-order valence-corrected chi connectivity index (χ2v) is 16.8. The van der Waals surface area contributed by atoms with E-state index in [1.165, 1.54) is 12.1 Å². The van der Waals surface area contributed by atoms with Crippen LogP contribution >= 0.6 is 0 Å². The summed E-state index contributed by atoms with van der Waals surface area (Å²) in [5.41, 5.74) is 5.56. The van der Waals surface area contributed by atoms with Crippen LogP contribution in [0.4, 0.5) is 8.78 Å². The van der Waals surface area contributed by atoms with Crippen molar-refractivity contribution in [2.45, 2.75) is 127 Å². The van der Waals surface area contributed by atoms with Crippen LogP contribution in [0.15, 0.2) is 36.4 Å². The highest BCUT2D eigenvalue weighted by Crippen LogP contribution is 2.45. The van der Waals surface area contributed by atoms with E-state index in [2.05, 4.69) is 30.4 Å². The SMILES string of the molecule is CN[C@@H](C)C(=O)N[C@@H]1CCCC[C@@H](NC(=O)[C@H](C)NC)C(=O)N2CCC[C@H]2Cc2c3n(c4ccc(F)cc24)CCn2c-3c(c3cc(F)ccc32)C[C@@H]2CCCN2C1=O. The first-order valence-electron chi connectivity index (χ1n) is 21.2. The number of hydrogen-bond acceptors (Lipinski definition) is 6. The molecule has 0 saturated carbocycles. The lowest BCUT2D eigenvalue weighted by molar-refractivity contribution is -0.138. The first kappa shape index (κ1) is 40.0. The van der Waals surface area contributed by atoms with Crippen LogP contribution in [-0.4, -0.2) is 106 Å². The van der Waals surface area contributed by atoms with Crippen molar-refractivity contribution in [1.82, 2.24) is 40.2 Å². The van der Waals surface area contributed by atoms with Crippen LogP contribution < -0.4 is 21.3 Å². The number of nitrogens with zero attached hydrogens (tertiary/aromatic N) is 4. The van der Waals surface area contributed by atoms with Gasteiger partial charge in [-0.25, -0.2) is 8.78 Å². The van der Waals surface area contributed by atoms with Crippen LogP contribution in [0.1, 0.15) is 76.3 Å². The average Bonchev–Trinajstić information content (AvgIpc) is 4.01. The largest absolute Gasteiger partial charge is 0.343 e. The lowest BCUT2D eigenvalue weighted by Gasteiger charge is -2.32. The zero-order valence-electron chi connectivity index (χ0n) is 34.0. The molecule has 310 valence electrons. The molecule has 6 heterocycles. The monoisotopic (exact) mass is 798 g/mol. The molecule has 0 bridgehead atoms. The zero-order chi connectivity index (χ0) is 40.8. The van der Waals surface area contributed by atoms with Gasteiger partial charge in [0.1, 0.15) is 23.7 Å². The minimum absolute atomic E-state index is 0.155. The van der Waals surface area contributed by atoms with E-state index in [9.17, 15) is 19.2 Å². The van der Waals surface area contributed by atoms with E-state index in [1.807, 2.05) is 21.9 Å². The molecule has 12 nitrogen and oxygen atoms in total. The molecular weight excluding hydrogens is 743 g/mol. The number of aryl methyl sites for hydroxylation is 2. The summed E-state index contributed by atoms with van der Waals surface area (Å²) in [5.74, 6) is -1.56. The molecule has 2 aromatic heterocycles. The Morgan fingerprint density at radius 1 is 0.621 bits per heavy atom. The first-order valence-corrected chi connectivity index (χ1v) is 21.2. The van der Waals surface area contributed by atoms with E-state index in [0.29, 0.717) is 64.7 Å². The minimum Gasteiger partial charge on any atom is -0.343 e. The summed E-state index contributed by atoms with van der Waals surface area (Å²) >= 11 is 0. The number of halogens is 2. The van der Waals surface area contributed by atoms with Crippen molar-refractivity contribution in [3.63, 3.8) is 0 Å². The van der Waals surface area contributed by atoms with Crippen molar-refractivity contribution >= 4 is 45.4 Å². The fraction of sp³-hybridized carbons (Fsp3) is 0.545. The molecule has 2 saturated heterocycles. The van der Waals surface area contributed by atoms with Gasteiger partial charge in [0.25, 0.3) is 0 Å². The Kier molecular flexibility index (Phi) is 11.3. The molecule has 2 aromatic carbocycles. The highest BCUT2D eigenvalue weighted by Gasteiger charge is 2.40. The maximum atomic E-state index is 15.3. The number of likely N-dealkylation sites (N-methyl/N-ethyl adjacent to an activating group) is 2. The second-order valence-electron chi connectivity index (χ2n) is 16.8. The number of hydrogen-bond donors (Lipinski definition) is 4. The lowest BCUT2D eigenvalue weighted by Crippen LogP contribution is -2.54. The fourth-order valence-electron chi connectivity index (χ4n) is 10.0. The maximum Gasteiger partial charge on any atom is 0.245 e. The zero-order valence-corrected chi connectivity index (χ0v) is 34.0. The van der Waals surface area contributed by atoms with Crippen LogP contribution in [-0.2, 0) is 45.1 Å². The van der Waals surface area contributed by atoms with Crippen molar-refractivity contribution in [2.75, 3.05) is 27.2 Å². The normalized spacial score (nSPS) is 23.9. The number of carbonyl (C=O) groups is 4. The summed E-state index contributed by atoms with van der Waals surface area (Å²) in [6.07, 6.45) is 5.89. The molecule has 4 aliphatic rings. The molecule has 4 aromatic rings. The topological polar surface area (TPSA) is 133 Å².